The first-order chi connectivity index (χ1) is 7.52. The number of hydrogen-bond donors (Lipinski definition) is 2. The second-order valence-electron chi connectivity index (χ2n) is 5.01. The van der Waals surface area contributed by atoms with Gasteiger partial charge in [-0.1, -0.05) is 6.92 Å². The summed E-state index contributed by atoms with van der Waals surface area (Å²) in [4.78, 5) is 13.0. The minimum absolute atomic E-state index is 0.210. The van der Waals surface area contributed by atoms with Gasteiger partial charge < -0.3 is 10.8 Å². The molecule has 1 rings (SSSR count). The number of carboxylic acid groups (broad SMARTS) is 1. The number of aliphatic carboxylic acids is 1. The van der Waals surface area contributed by atoms with Crippen LogP contribution in [0.2, 0.25) is 0 Å². The molecule has 1 saturated heterocycles. The van der Waals surface area contributed by atoms with Gasteiger partial charge in [-0.2, -0.15) is 0 Å². The van der Waals surface area contributed by atoms with Gasteiger partial charge in [-0.15, -0.1) is 0 Å². The summed E-state index contributed by atoms with van der Waals surface area (Å²) in [6.45, 7) is 6.36. The summed E-state index contributed by atoms with van der Waals surface area (Å²) in [5.41, 5.74) is 6.03. The maximum absolute atomic E-state index is 10.6. The molecule has 0 aromatic carbocycles. The van der Waals surface area contributed by atoms with E-state index in [4.69, 9.17) is 10.8 Å². The molecule has 0 amide bonds. The van der Waals surface area contributed by atoms with Crippen LogP contribution in [0.15, 0.2) is 0 Å². The molecule has 0 bridgehead atoms. The zero-order chi connectivity index (χ0) is 12.1. The molecule has 0 aromatic heterocycles. The number of nitrogens with two attached hydrogens (primary N) is 1. The monoisotopic (exact) mass is 228 g/mol. The Balaban J connectivity index is 2.44. The van der Waals surface area contributed by atoms with Gasteiger partial charge in [-0.25, -0.2) is 0 Å². The number of likely N-dealkylation sites (tertiary alicyclic amines) is 1. The zero-order valence-corrected chi connectivity index (χ0v) is 10.4. The molecule has 16 heavy (non-hydrogen) atoms. The van der Waals surface area contributed by atoms with Crippen molar-refractivity contribution in [3.63, 3.8) is 0 Å². The molecule has 4 nitrogen and oxygen atoms in total. The average molecular weight is 228 g/mol. The van der Waals surface area contributed by atoms with Gasteiger partial charge >= 0.3 is 5.97 Å². The lowest BCUT2D eigenvalue weighted by molar-refractivity contribution is -0.137. The van der Waals surface area contributed by atoms with Gasteiger partial charge in [-0.05, 0) is 32.1 Å². The highest BCUT2D eigenvalue weighted by molar-refractivity contribution is 5.66. The summed E-state index contributed by atoms with van der Waals surface area (Å²) in [6.07, 6.45) is 3.13. The van der Waals surface area contributed by atoms with Crippen LogP contribution in [0.4, 0.5) is 0 Å². The summed E-state index contributed by atoms with van der Waals surface area (Å²) >= 11 is 0. The Morgan fingerprint density at radius 3 is 2.81 bits per heavy atom. The third-order valence-corrected chi connectivity index (χ3v) is 3.58. The van der Waals surface area contributed by atoms with Crippen molar-refractivity contribution in [1.29, 1.82) is 0 Å². The largest absolute Gasteiger partial charge is 0.481 e. The quantitative estimate of drug-likeness (QED) is 0.744. The van der Waals surface area contributed by atoms with E-state index in [1.807, 2.05) is 0 Å². The molecule has 94 valence electrons. The molecule has 1 heterocycles. The van der Waals surface area contributed by atoms with Crippen LogP contribution < -0.4 is 5.73 Å². The standard InChI is InChI=1S/C12H24N2O2/c1-3-9(2)14-7-10(4-5-12(15)16)6-11(13)8-14/h9-11H,3-8,13H2,1-2H3,(H,15,16). The highest BCUT2D eigenvalue weighted by Crippen LogP contribution is 2.22. The molecule has 1 aliphatic heterocycles. The third kappa shape index (κ3) is 4.10. The van der Waals surface area contributed by atoms with E-state index in [1.165, 1.54) is 0 Å². The minimum Gasteiger partial charge on any atom is -0.481 e. The zero-order valence-electron chi connectivity index (χ0n) is 10.4. The second-order valence-corrected chi connectivity index (χ2v) is 5.01. The van der Waals surface area contributed by atoms with Gasteiger partial charge in [0.1, 0.15) is 0 Å². The van der Waals surface area contributed by atoms with E-state index in [-0.39, 0.29) is 12.5 Å². The van der Waals surface area contributed by atoms with Crippen molar-refractivity contribution in [2.45, 2.75) is 51.6 Å². The Bertz CT molecular complexity index is 233. The predicted octanol–water partition coefficient (Wildman–Crippen LogP) is 1.30. The van der Waals surface area contributed by atoms with Gasteiger partial charge in [0, 0.05) is 31.6 Å². The van der Waals surface area contributed by atoms with E-state index in [2.05, 4.69) is 18.7 Å². The summed E-state index contributed by atoms with van der Waals surface area (Å²) in [5, 5.41) is 8.69. The van der Waals surface area contributed by atoms with Crippen LogP contribution >= 0.6 is 0 Å². The number of rotatable bonds is 5. The van der Waals surface area contributed by atoms with Crippen molar-refractivity contribution in [1.82, 2.24) is 4.90 Å². The van der Waals surface area contributed by atoms with E-state index in [1.54, 1.807) is 0 Å². The van der Waals surface area contributed by atoms with Gasteiger partial charge in [-0.3, -0.25) is 9.69 Å². The minimum atomic E-state index is -0.700. The summed E-state index contributed by atoms with van der Waals surface area (Å²) in [5.74, 6) is -0.247. The van der Waals surface area contributed by atoms with Crippen LogP contribution in [0.25, 0.3) is 0 Å². The van der Waals surface area contributed by atoms with Gasteiger partial charge in [0.2, 0.25) is 0 Å². The lowest BCUT2D eigenvalue weighted by Gasteiger charge is -2.39. The normalized spacial score (nSPS) is 28.9. The van der Waals surface area contributed by atoms with E-state index in [0.717, 1.165) is 32.4 Å². The smallest absolute Gasteiger partial charge is 0.303 e. The van der Waals surface area contributed by atoms with Crippen molar-refractivity contribution in [3.8, 4) is 0 Å². The van der Waals surface area contributed by atoms with Crippen LogP contribution in [-0.2, 0) is 4.79 Å². The Kier molecular flexibility index (Phi) is 5.22. The molecule has 0 spiro atoms. The van der Waals surface area contributed by atoms with Crippen LogP contribution in [-0.4, -0.2) is 41.1 Å². The number of nitrogens with zero attached hydrogens (tertiary/aromatic N) is 1. The summed E-state index contributed by atoms with van der Waals surface area (Å²) in [7, 11) is 0. The van der Waals surface area contributed by atoms with Crippen molar-refractivity contribution in [2.24, 2.45) is 11.7 Å². The number of carboxylic acids is 1. The van der Waals surface area contributed by atoms with Gasteiger partial charge in [0.15, 0.2) is 0 Å². The van der Waals surface area contributed by atoms with E-state index in [0.29, 0.717) is 12.0 Å². The average Bonchev–Trinajstić information content (AvgIpc) is 2.24. The molecule has 0 radical (unpaired) electrons. The molecular weight excluding hydrogens is 204 g/mol. The van der Waals surface area contributed by atoms with Crippen LogP contribution in [0.1, 0.15) is 39.5 Å². The van der Waals surface area contributed by atoms with Crippen molar-refractivity contribution < 1.29 is 9.90 Å². The number of hydrogen-bond acceptors (Lipinski definition) is 3. The van der Waals surface area contributed by atoms with Crippen molar-refractivity contribution in [3.05, 3.63) is 0 Å². The molecule has 0 aromatic rings. The molecule has 4 heteroatoms. The highest BCUT2D eigenvalue weighted by atomic mass is 16.4. The molecule has 0 saturated carbocycles. The van der Waals surface area contributed by atoms with Crippen LogP contribution in [0.5, 0.6) is 0 Å². The highest BCUT2D eigenvalue weighted by Gasteiger charge is 2.27. The fourth-order valence-corrected chi connectivity index (χ4v) is 2.44. The fourth-order valence-electron chi connectivity index (χ4n) is 2.44. The van der Waals surface area contributed by atoms with Gasteiger partial charge in [0.05, 0.1) is 0 Å². The topological polar surface area (TPSA) is 66.6 Å². The lowest BCUT2D eigenvalue weighted by atomic mass is 9.90. The Hall–Kier alpha value is -0.610. The van der Waals surface area contributed by atoms with Crippen molar-refractivity contribution >= 4 is 5.97 Å². The van der Waals surface area contributed by atoms with E-state index < -0.39 is 5.97 Å². The first-order valence-corrected chi connectivity index (χ1v) is 6.24. The lowest BCUT2D eigenvalue weighted by Crippen LogP contribution is -2.50. The first-order valence-electron chi connectivity index (χ1n) is 6.24. The predicted molar refractivity (Wildman–Crippen MR) is 64.3 cm³/mol. The fraction of sp³-hybridized carbons (Fsp3) is 0.917. The molecule has 1 fully saturated rings. The van der Waals surface area contributed by atoms with Crippen molar-refractivity contribution in [2.75, 3.05) is 13.1 Å². The molecule has 3 N–H and O–H groups in total. The SMILES string of the molecule is CCC(C)N1CC(N)CC(CCC(=O)O)C1. The maximum atomic E-state index is 10.6. The Morgan fingerprint density at radius 1 is 1.56 bits per heavy atom. The first kappa shape index (κ1) is 13.5. The summed E-state index contributed by atoms with van der Waals surface area (Å²) in [6, 6.07) is 0.764. The third-order valence-electron chi connectivity index (χ3n) is 3.58. The van der Waals surface area contributed by atoms with Crippen LogP contribution in [0, 0.1) is 5.92 Å². The molecule has 3 unspecified atom stereocenters. The Morgan fingerprint density at radius 2 is 2.25 bits per heavy atom. The van der Waals surface area contributed by atoms with Gasteiger partial charge in [0.25, 0.3) is 0 Å². The number of carbonyl (C=O) groups is 1. The molecule has 0 aliphatic carbocycles. The molecular formula is C12H24N2O2. The summed E-state index contributed by atoms with van der Waals surface area (Å²) < 4.78 is 0. The van der Waals surface area contributed by atoms with Crippen LogP contribution in [0.3, 0.4) is 0 Å². The molecule has 3 atom stereocenters. The van der Waals surface area contributed by atoms with E-state index in [9.17, 15) is 4.79 Å². The maximum Gasteiger partial charge on any atom is 0.303 e. The number of piperidine rings is 1. The second kappa shape index (κ2) is 6.21. The molecule has 1 aliphatic rings. The Labute approximate surface area is 97.8 Å². The van der Waals surface area contributed by atoms with E-state index >= 15 is 0 Å².